The van der Waals surface area contributed by atoms with Gasteiger partial charge in [-0.3, -0.25) is 4.98 Å². The van der Waals surface area contributed by atoms with E-state index in [0.29, 0.717) is 11.3 Å². The first-order valence-corrected chi connectivity index (χ1v) is 20.8. The number of rotatable bonds is 5. The zero-order chi connectivity index (χ0) is 38.3. The number of aryl methyl sites for hydroxylation is 2. The van der Waals surface area contributed by atoms with Crippen LogP contribution in [0.25, 0.3) is 72.6 Å². The molecule has 0 fully saturated rings. The second-order valence-electron chi connectivity index (χ2n) is 13.9. The Hall–Kier alpha value is -5.46. The van der Waals surface area contributed by atoms with Gasteiger partial charge in [0.1, 0.15) is 0 Å². The number of furan rings is 1. The van der Waals surface area contributed by atoms with Crippen molar-refractivity contribution in [2.75, 3.05) is 0 Å². The summed E-state index contributed by atoms with van der Waals surface area (Å²) in [6.45, 7) is 6.73. The summed E-state index contributed by atoms with van der Waals surface area (Å²) in [5, 5.41) is 3.31. The number of imidazole rings is 1. The summed E-state index contributed by atoms with van der Waals surface area (Å²) in [6, 6.07) is 50.6. The average molecular weight is 886 g/mol. The minimum atomic E-state index is -2.08. The summed E-state index contributed by atoms with van der Waals surface area (Å²) in [7, 11) is -1.34. The van der Waals surface area contributed by atoms with Gasteiger partial charge < -0.3 is 14.0 Å². The molecule has 0 amide bonds. The topological polar surface area (TPSA) is 56.7 Å². The van der Waals surface area contributed by atoms with Crippen molar-refractivity contribution in [2.24, 2.45) is 0 Å². The van der Waals surface area contributed by atoms with Crippen LogP contribution >= 0.6 is 0 Å². The smallest absolute Gasteiger partial charge is 0.216 e. The molecule has 9 aromatic rings. The van der Waals surface area contributed by atoms with Gasteiger partial charge in [0.2, 0.25) is 5.71 Å². The van der Waals surface area contributed by atoms with Crippen LogP contribution in [-0.2, 0) is 20.1 Å². The first kappa shape index (κ1) is 32.2. The number of fused-ring (bicyclic) bond motifs is 4. The Balaban J connectivity index is 0.000000197. The van der Waals surface area contributed by atoms with Crippen molar-refractivity contribution in [3.8, 4) is 39.5 Å². The largest absolute Gasteiger partial charge is 0.486 e. The number of nitrogens with zero attached hydrogens (tertiary/aromatic N) is 4. The Morgan fingerprint density at radius 3 is 2.32 bits per heavy atom. The summed E-state index contributed by atoms with van der Waals surface area (Å²) in [5.74, 6) is 0.790. The van der Waals surface area contributed by atoms with Crippen molar-refractivity contribution >= 4 is 46.4 Å². The summed E-state index contributed by atoms with van der Waals surface area (Å²) in [4.78, 5) is 14.1. The van der Waals surface area contributed by atoms with Crippen LogP contribution in [0.4, 0.5) is 0 Å². The van der Waals surface area contributed by atoms with Crippen LogP contribution in [0.15, 0.2) is 144 Å². The molecule has 0 aliphatic carbocycles. The first-order valence-electron chi connectivity index (χ1n) is 18.8. The van der Waals surface area contributed by atoms with Gasteiger partial charge in [-0.05, 0) is 65.3 Å². The molecule has 4 heterocycles. The average Bonchev–Trinajstić information content (AvgIpc) is 3.76. The van der Waals surface area contributed by atoms with Crippen LogP contribution in [0.2, 0.25) is 19.6 Å². The number of aromatic nitrogens is 4. The van der Waals surface area contributed by atoms with Crippen molar-refractivity contribution in [3.63, 3.8) is 0 Å². The molecule has 0 unspecified atom stereocenters. The standard InChI is InChI=1S/C31H20N3O.C15H18NSi.Ir/c1-20-17-18-25-24-13-8-14-26(29(24)35-31(25)32-20)30-33-27-15-5-6-16-28(27)34(30)23-12-7-11-22(19-23)21-9-3-2-4-10-21;1-12-5-7-13(8-6-12)15-10-9-14(11-16-15)17(2,3)4;/h2-13,15-19H,1H3;5-7,9-11H,1-4H3;/q2*-1;/i;1D3;. The number of hydrogen-bond donors (Lipinski definition) is 0. The normalized spacial score (nSPS) is 12.4. The van der Waals surface area contributed by atoms with Crippen LogP contribution in [0.1, 0.15) is 15.4 Å². The molecule has 4 aromatic heterocycles. The van der Waals surface area contributed by atoms with Crippen molar-refractivity contribution in [1.29, 1.82) is 0 Å². The quantitative estimate of drug-likeness (QED) is 0.128. The second kappa shape index (κ2) is 14.9. The van der Waals surface area contributed by atoms with E-state index >= 15 is 0 Å². The molecule has 5 aromatic carbocycles. The van der Waals surface area contributed by atoms with Gasteiger partial charge in [0, 0.05) is 47.2 Å². The third kappa shape index (κ3) is 7.29. The maximum atomic E-state index is 7.35. The van der Waals surface area contributed by atoms with Crippen LogP contribution in [0, 0.1) is 25.9 Å². The molecular formula is C46H38IrN4OSi-2. The van der Waals surface area contributed by atoms with E-state index in [9.17, 15) is 0 Å². The van der Waals surface area contributed by atoms with Crippen LogP contribution in [0.3, 0.4) is 0 Å². The molecule has 263 valence electrons. The summed E-state index contributed by atoms with van der Waals surface area (Å²) in [6.07, 6.45) is 1.92. The molecule has 1 radical (unpaired) electrons. The first-order chi connectivity index (χ1) is 26.4. The van der Waals surface area contributed by atoms with E-state index in [0.717, 1.165) is 67.0 Å². The van der Waals surface area contributed by atoms with E-state index in [2.05, 4.69) is 113 Å². The van der Waals surface area contributed by atoms with Gasteiger partial charge in [-0.25, -0.2) is 4.98 Å². The molecule has 0 aliphatic rings. The van der Waals surface area contributed by atoms with E-state index in [4.69, 9.17) is 13.5 Å². The Kier molecular flexibility index (Phi) is 9.04. The van der Waals surface area contributed by atoms with E-state index in [1.165, 1.54) is 16.8 Å². The van der Waals surface area contributed by atoms with Crippen LogP contribution in [0.5, 0.6) is 0 Å². The SMILES string of the molecule is Cc1ccc2c(n1)oc1c(-c3nc4ccccc4n3-c3cccc(-c4ccccc4)c3)[c-]ccc12.[2H]C([2H])([2H])c1c[c-]c(-c2ccc([Si](C)(C)C)cn2)cc1.[Ir]. The van der Waals surface area contributed by atoms with Gasteiger partial charge in [-0.1, -0.05) is 104 Å². The van der Waals surface area contributed by atoms with E-state index in [1.807, 2.05) is 61.7 Å². The molecule has 0 atom stereocenters. The van der Waals surface area contributed by atoms with Crippen molar-refractivity contribution < 1.29 is 28.6 Å². The zero-order valence-electron chi connectivity index (χ0n) is 32.8. The second-order valence-corrected chi connectivity index (χ2v) is 18.9. The number of para-hydroxylation sites is 2. The summed E-state index contributed by atoms with van der Waals surface area (Å²) < 4.78 is 30.5. The molecule has 7 heteroatoms. The monoisotopic (exact) mass is 886 g/mol. The summed E-state index contributed by atoms with van der Waals surface area (Å²) >= 11 is 0. The summed E-state index contributed by atoms with van der Waals surface area (Å²) in [5.41, 5.74) is 10.4. The van der Waals surface area contributed by atoms with E-state index < -0.39 is 14.9 Å². The molecule has 0 spiro atoms. The molecule has 0 saturated heterocycles. The fourth-order valence-corrected chi connectivity index (χ4v) is 7.41. The molecular weight excluding hydrogens is 845 g/mol. The number of hydrogen-bond acceptors (Lipinski definition) is 4. The van der Waals surface area contributed by atoms with Crippen LogP contribution < -0.4 is 5.19 Å². The van der Waals surface area contributed by atoms with Gasteiger partial charge in [-0.2, -0.15) is 0 Å². The predicted octanol–water partition coefficient (Wildman–Crippen LogP) is 11.2. The minimum Gasteiger partial charge on any atom is -0.486 e. The Morgan fingerprint density at radius 1 is 0.755 bits per heavy atom. The Bertz CT molecular complexity index is 2740. The van der Waals surface area contributed by atoms with Crippen molar-refractivity contribution in [1.82, 2.24) is 19.5 Å². The van der Waals surface area contributed by atoms with Gasteiger partial charge >= 0.3 is 0 Å². The maximum Gasteiger partial charge on any atom is 0.216 e. The van der Waals surface area contributed by atoms with Gasteiger partial charge in [0.05, 0.1) is 30.5 Å². The van der Waals surface area contributed by atoms with Crippen molar-refractivity contribution in [3.05, 3.63) is 163 Å². The molecule has 0 N–H and O–H groups in total. The molecule has 0 bridgehead atoms. The maximum absolute atomic E-state index is 7.35. The molecule has 0 saturated carbocycles. The molecule has 5 nitrogen and oxygen atoms in total. The Morgan fingerprint density at radius 2 is 1.57 bits per heavy atom. The number of benzene rings is 5. The number of pyridine rings is 2. The molecule has 0 aliphatic heterocycles. The van der Waals surface area contributed by atoms with Crippen LogP contribution in [-0.4, -0.2) is 27.6 Å². The molecule has 9 rings (SSSR count). The zero-order valence-corrected chi connectivity index (χ0v) is 33.2. The van der Waals surface area contributed by atoms with E-state index in [1.54, 1.807) is 12.1 Å². The van der Waals surface area contributed by atoms with Gasteiger partial charge in [0.25, 0.3) is 0 Å². The van der Waals surface area contributed by atoms with Gasteiger partial charge in [-0.15, -0.1) is 53.6 Å². The third-order valence-corrected chi connectivity index (χ3v) is 11.2. The fourth-order valence-electron chi connectivity index (χ4n) is 6.37. The predicted molar refractivity (Wildman–Crippen MR) is 217 cm³/mol. The molecule has 53 heavy (non-hydrogen) atoms. The van der Waals surface area contributed by atoms with Gasteiger partial charge in [0.15, 0.2) is 0 Å². The fraction of sp³-hybridized carbons (Fsp3) is 0.109. The van der Waals surface area contributed by atoms with E-state index in [-0.39, 0.29) is 20.1 Å². The minimum absolute atomic E-state index is 0. The Labute approximate surface area is 329 Å². The third-order valence-electron chi connectivity index (χ3n) is 9.15. The van der Waals surface area contributed by atoms with Crippen molar-refractivity contribution in [2.45, 2.75) is 33.4 Å².